The van der Waals surface area contributed by atoms with Gasteiger partial charge in [0.2, 0.25) is 0 Å². The summed E-state index contributed by atoms with van der Waals surface area (Å²) in [5, 5.41) is 0. The summed E-state index contributed by atoms with van der Waals surface area (Å²) >= 11 is 0. The summed E-state index contributed by atoms with van der Waals surface area (Å²) in [5.74, 6) is -0.846. The molecule has 0 fully saturated rings. The zero-order chi connectivity index (χ0) is 53.6. The van der Waals surface area contributed by atoms with E-state index in [1.165, 1.54) is 289 Å². The highest BCUT2D eigenvalue weighted by molar-refractivity contribution is 5.71. The van der Waals surface area contributed by atoms with Gasteiger partial charge in [0.25, 0.3) is 0 Å². The maximum Gasteiger partial charge on any atom is 0.306 e. The number of hydrogen-bond donors (Lipinski definition) is 0. The minimum Gasteiger partial charge on any atom is -0.462 e. The van der Waals surface area contributed by atoms with Crippen molar-refractivity contribution in [2.24, 2.45) is 0 Å². The minimum absolute atomic E-state index is 0.0632. The molecule has 0 amide bonds. The lowest BCUT2D eigenvalue weighted by Crippen LogP contribution is -2.30. The van der Waals surface area contributed by atoms with Crippen LogP contribution in [0.3, 0.4) is 0 Å². The van der Waals surface area contributed by atoms with Gasteiger partial charge in [-0.05, 0) is 44.9 Å². The van der Waals surface area contributed by atoms with Gasteiger partial charge < -0.3 is 14.2 Å². The number of hydrogen-bond acceptors (Lipinski definition) is 6. The molecule has 0 heterocycles. The number of allylic oxidation sites excluding steroid dienone is 2. The van der Waals surface area contributed by atoms with Gasteiger partial charge in [0, 0.05) is 19.3 Å². The lowest BCUT2D eigenvalue weighted by molar-refractivity contribution is -0.167. The second-order valence-corrected chi connectivity index (χ2v) is 23.1. The molecule has 0 aromatic rings. The van der Waals surface area contributed by atoms with Gasteiger partial charge in [-0.15, -0.1) is 0 Å². The smallest absolute Gasteiger partial charge is 0.306 e. The summed E-state index contributed by atoms with van der Waals surface area (Å²) in [4.78, 5) is 37.9. The van der Waals surface area contributed by atoms with Crippen molar-refractivity contribution in [2.75, 3.05) is 13.2 Å². The van der Waals surface area contributed by atoms with Crippen LogP contribution in [0.4, 0.5) is 0 Å². The topological polar surface area (TPSA) is 78.9 Å². The fourth-order valence-corrected chi connectivity index (χ4v) is 10.4. The molecular weight excluding hydrogens is 913 g/mol. The Balaban J connectivity index is 3.85. The van der Waals surface area contributed by atoms with Crippen molar-refractivity contribution in [3.8, 4) is 0 Å². The Morgan fingerprint density at radius 1 is 0.257 bits per heavy atom. The van der Waals surface area contributed by atoms with E-state index in [1.54, 1.807) is 0 Å². The monoisotopic (exact) mass is 1040 g/mol. The first-order valence-electron chi connectivity index (χ1n) is 33.7. The van der Waals surface area contributed by atoms with Crippen molar-refractivity contribution in [3.63, 3.8) is 0 Å². The van der Waals surface area contributed by atoms with Gasteiger partial charge in [0.1, 0.15) is 13.2 Å². The predicted molar refractivity (Wildman–Crippen MR) is 321 cm³/mol. The molecule has 6 heteroatoms. The summed E-state index contributed by atoms with van der Waals surface area (Å²) in [6, 6.07) is 0. The van der Waals surface area contributed by atoms with Crippen LogP contribution in [0.25, 0.3) is 0 Å². The van der Waals surface area contributed by atoms with Gasteiger partial charge in [-0.25, -0.2) is 0 Å². The lowest BCUT2D eigenvalue weighted by Gasteiger charge is -2.18. The Morgan fingerprint density at radius 2 is 0.446 bits per heavy atom. The molecule has 0 rings (SSSR count). The van der Waals surface area contributed by atoms with E-state index < -0.39 is 6.10 Å². The second-order valence-electron chi connectivity index (χ2n) is 23.1. The molecule has 6 nitrogen and oxygen atoms in total. The van der Waals surface area contributed by atoms with E-state index in [9.17, 15) is 14.4 Å². The SMILES string of the molecule is CCCCCCCCCC/C=C\CCCCCCCCCCCCCCCCCCCCCCCCCC(=O)OCC(COC(=O)CCCCCCCC)OC(=O)CCCCCCCCCCCCCCCCC. The van der Waals surface area contributed by atoms with Crippen molar-refractivity contribution in [2.45, 2.75) is 393 Å². The molecule has 74 heavy (non-hydrogen) atoms. The minimum atomic E-state index is -0.761. The summed E-state index contributed by atoms with van der Waals surface area (Å²) in [7, 11) is 0. The van der Waals surface area contributed by atoms with E-state index in [2.05, 4.69) is 32.9 Å². The summed E-state index contributed by atoms with van der Waals surface area (Å²) < 4.78 is 16.8. The fraction of sp³-hybridized carbons (Fsp3) is 0.926. The van der Waals surface area contributed by atoms with Gasteiger partial charge in [0.05, 0.1) is 0 Å². The third-order valence-corrected chi connectivity index (χ3v) is 15.5. The van der Waals surface area contributed by atoms with Crippen molar-refractivity contribution in [1.82, 2.24) is 0 Å². The molecule has 0 aliphatic heterocycles. The standard InChI is InChI=1S/C68H130O6/c1-4-7-10-13-16-18-20-22-24-25-26-27-28-29-30-31-32-33-34-35-36-37-38-39-40-41-42-43-45-46-48-50-52-55-58-61-67(70)73-64-65(63-72-66(69)60-57-54-15-12-9-6-3)74-68(71)62-59-56-53-51-49-47-44-23-21-19-17-14-11-8-5-2/h25-26,65H,4-24,27-64H2,1-3H3/b26-25-. The highest BCUT2D eigenvalue weighted by Crippen LogP contribution is 2.19. The molecule has 438 valence electrons. The van der Waals surface area contributed by atoms with Crippen LogP contribution in [0, 0.1) is 0 Å². The molecule has 0 bridgehead atoms. The summed E-state index contributed by atoms with van der Waals surface area (Å²) in [5.41, 5.74) is 0. The van der Waals surface area contributed by atoms with Gasteiger partial charge in [0.15, 0.2) is 6.10 Å². The summed E-state index contributed by atoms with van der Waals surface area (Å²) in [6.45, 7) is 6.64. The Morgan fingerprint density at radius 3 is 0.676 bits per heavy atom. The van der Waals surface area contributed by atoms with Crippen LogP contribution in [0.1, 0.15) is 387 Å². The first-order valence-corrected chi connectivity index (χ1v) is 33.7. The highest BCUT2D eigenvalue weighted by Gasteiger charge is 2.19. The Hall–Kier alpha value is -1.85. The van der Waals surface area contributed by atoms with Gasteiger partial charge in [-0.1, -0.05) is 335 Å². The average Bonchev–Trinajstić information content (AvgIpc) is 3.40. The molecule has 0 radical (unpaired) electrons. The fourth-order valence-electron chi connectivity index (χ4n) is 10.4. The van der Waals surface area contributed by atoms with Crippen molar-refractivity contribution < 1.29 is 28.6 Å². The number of esters is 3. The van der Waals surface area contributed by atoms with E-state index in [1.807, 2.05) is 0 Å². The molecule has 0 N–H and O–H groups in total. The number of rotatable bonds is 63. The van der Waals surface area contributed by atoms with Crippen LogP contribution < -0.4 is 0 Å². The average molecular weight is 1040 g/mol. The number of carbonyl (C=O) groups is 3. The molecule has 0 aromatic heterocycles. The maximum atomic E-state index is 12.8. The van der Waals surface area contributed by atoms with Crippen molar-refractivity contribution >= 4 is 17.9 Å². The third kappa shape index (κ3) is 61.0. The molecule has 0 aliphatic carbocycles. The molecule has 0 spiro atoms. The Bertz CT molecular complexity index is 1150. The van der Waals surface area contributed by atoms with E-state index in [-0.39, 0.29) is 31.1 Å². The first kappa shape index (κ1) is 72.2. The largest absolute Gasteiger partial charge is 0.462 e. The van der Waals surface area contributed by atoms with Gasteiger partial charge in [-0.2, -0.15) is 0 Å². The van der Waals surface area contributed by atoms with E-state index in [0.29, 0.717) is 19.3 Å². The van der Waals surface area contributed by atoms with Gasteiger partial charge >= 0.3 is 17.9 Å². The van der Waals surface area contributed by atoms with E-state index in [0.717, 1.165) is 57.8 Å². The highest BCUT2D eigenvalue weighted by atomic mass is 16.6. The zero-order valence-corrected chi connectivity index (χ0v) is 50.4. The Kier molecular flexibility index (Phi) is 62.1. The van der Waals surface area contributed by atoms with Crippen molar-refractivity contribution in [3.05, 3.63) is 12.2 Å². The summed E-state index contributed by atoms with van der Waals surface area (Å²) in [6.07, 6.45) is 75.8. The van der Waals surface area contributed by atoms with Crippen molar-refractivity contribution in [1.29, 1.82) is 0 Å². The van der Waals surface area contributed by atoms with Crippen LogP contribution in [-0.2, 0) is 28.6 Å². The van der Waals surface area contributed by atoms with Gasteiger partial charge in [-0.3, -0.25) is 14.4 Å². The number of carbonyl (C=O) groups excluding carboxylic acids is 3. The molecule has 1 unspecified atom stereocenters. The molecule has 0 saturated heterocycles. The molecule has 0 aliphatic rings. The molecule has 1 atom stereocenters. The normalized spacial score (nSPS) is 12.0. The number of ether oxygens (including phenoxy) is 3. The van der Waals surface area contributed by atoms with Crippen LogP contribution in [0.2, 0.25) is 0 Å². The first-order chi connectivity index (χ1) is 36.5. The van der Waals surface area contributed by atoms with E-state index in [4.69, 9.17) is 14.2 Å². The third-order valence-electron chi connectivity index (χ3n) is 15.5. The Labute approximate surface area is 462 Å². The van der Waals surface area contributed by atoms with Crippen LogP contribution in [0.5, 0.6) is 0 Å². The predicted octanol–water partition coefficient (Wildman–Crippen LogP) is 22.8. The zero-order valence-electron chi connectivity index (χ0n) is 50.4. The van der Waals surface area contributed by atoms with Crippen LogP contribution in [0.15, 0.2) is 12.2 Å². The van der Waals surface area contributed by atoms with Crippen LogP contribution >= 0.6 is 0 Å². The molecule has 0 saturated carbocycles. The van der Waals surface area contributed by atoms with Crippen LogP contribution in [-0.4, -0.2) is 37.2 Å². The molecular formula is C68H130O6. The second kappa shape index (κ2) is 63.7. The van der Waals surface area contributed by atoms with E-state index >= 15 is 0 Å². The number of unbranched alkanes of at least 4 members (excludes halogenated alkanes) is 50. The lowest BCUT2D eigenvalue weighted by atomic mass is 10.0. The quantitative estimate of drug-likeness (QED) is 0.0261. The maximum absolute atomic E-state index is 12.8. The molecule has 0 aromatic carbocycles.